The van der Waals surface area contributed by atoms with Crippen LogP contribution in [-0.2, 0) is 4.79 Å². The van der Waals surface area contributed by atoms with Crippen LogP contribution in [-0.4, -0.2) is 43.0 Å². The van der Waals surface area contributed by atoms with Gasteiger partial charge in [0, 0.05) is 19.6 Å². The predicted octanol–water partition coefficient (Wildman–Crippen LogP) is 0.708. The summed E-state index contributed by atoms with van der Waals surface area (Å²) in [6.07, 6.45) is 4.25. The van der Waals surface area contributed by atoms with E-state index in [-0.39, 0.29) is 18.5 Å². The number of nitrogens with one attached hydrogen (secondary N) is 2. The lowest BCUT2D eigenvalue weighted by molar-refractivity contribution is -0.130. The summed E-state index contributed by atoms with van der Waals surface area (Å²) in [6, 6.07) is -0.257. The fourth-order valence-corrected chi connectivity index (χ4v) is 1.71. The summed E-state index contributed by atoms with van der Waals surface area (Å²) in [6.45, 7) is 4.40. The molecule has 0 aromatic carbocycles. The minimum atomic E-state index is -0.257. The van der Waals surface area contributed by atoms with Crippen molar-refractivity contribution in [2.24, 2.45) is 0 Å². The maximum Gasteiger partial charge on any atom is 0.315 e. The number of carbonyl (C=O) groups excluding carboxylic acids is 2. The van der Waals surface area contributed by atoms with Gasteiger partial charge in [0.1, 0.15) is 0 Å². The molecule has 3 amide bonds. The monoisotopic (exact) mass is 227 g/mol. The molecule has 92 valence electrons. The van der Waals surface area contributed by atoms with E-state index in [1.165, 1.54) is 6.42 Å². The van der Waals surface area contributed by atoms with Crippen molar-refractivity contribution >= 4 is 11.9 Å². The first-order chi connectivity index (χ1) is 7.74. The zero-order valence-corrected chi connectivity index (χ0v) is 9.92. The van der Waals surface area contributed by atoms with Crippen LogP contribution in [0.1, 0.15) is 32.6 Å². The van der Waals surface area contributed by atoms with Gasteiger partial charge in [0.05, 0.1) is 6.54 Å². The molecule has 0 aliphatic carbocycles. The first-order valence-corrected chi connectivity index (χ1v) is 6.03. The van der Waals surface area contributed by atoms with Crippen LogP contribution in [0.3, 0.4) is 0 Å². The Bertz CT molecular complexity index is 237. The molecule has 2 N–H and O–H groups in total. The van der Waals surface area contributed by atoms with Gasteiger partial charge in [-0.25, -0.2) is 4.79 Å². The number of nitrogens with zero attached hydrogens (tertiary/aromatic N) is 1. The number of rotatable bonds is 4. The summed E-state index contributed by atoms with van der Waals surface area (Å²) in [4.78, 5) is 24.7. The molecule has 1 fully saturated rings. The summed E-state index contributed by atoms with van der Waals surface area (Å²) < 4.78 is 0. The Morgan fingerprint density at radius 1 is 1.12 bits per heavy atom. The van der Waals surface area contributed by atoms with Crippen LogP contribution in [0.5, 0.6) is 0 Å². The third kappa shape index (κ3) is 4.51. The Morgan fingerprint density at radius 2 is 1.81 bits per heavy atom. The Balaban J connectivity index is 2.15. The molecule has 1 heterocycles. The van der Waals surface area contributed by atoms with Crippen LogP contribution in [0.25, 0.3) is 0 Å². The zero-order chi connectivity index (χ0) is 11.8. The molecule has 0 spiro atoms. The smallest absolute Gasteiger partial charge is 0.315 e. The summed E-state index contributed by atoms with van der Waals surface area (Å²) in [7, 11) is 0. The van der Waals surface area contributed by atoms with E-state index in [2.05, 4.69) is 10.6 Å². The number of hydrogen-bond acceptors (Lipinski definition) is 2. The molecule has 5 nitrogen and oxygen atoms in total. The van der Waals surface area contributed by atoms with Gasteiger partial charge in [-0.2, -0.15) is 0 Å². The topological polar surface area (TPSA) is 61.4 Å². The third-order valence-electron chi connectivity index (χ3n) is 2.64. The van der Waals surface area contributed by atoms with E-state index < -0.39 is 0 Å². The summed E-state index contributed by atoms with van der Waals surface area (Å²) in [5, 5.41) is 5.24. The van der Waals surface area contributed by atoms with Gasteiger partial charge in [-0.15, -0.1) is 0 Å². The van der Waals surface area contributed by atoms with Crippen molar-refractivity contribution in [3.63, 3.8) is 0 Å². The van der Waals surface area contributed by atoms with Crippen molar-refractivity contribution in [3.8, 4) is 0 Å². The molecule has 0 aromatic rings. The van der Waals surface area contributed by atoms with Crippen molar-refractivity contribution in [1.29, 1.82) is 0 Å². The summed E-state index contributed by atoms with van der Waals surface area (Å²) in [5.74, 6) is 0.0198. The number of amides is 3. The largest absolute Gasteiger partial charge is 0.341 e. The lowest BCUT2D eigenvalue weighted by atomic mass is 10.1. The second-order valence-corrected chi connectivity index (χ2v) is 4.05. The minimum Gasteiger partial charge on any atom is -0.341 e. The number of urea groups is 1. The molecule has 0 aromatic heterocycles. The molecule has 1 aliphatic rings. The van der Waals surface area contributed by atoms with Gasteiger partial charge in [-0.3, -0.25) is 4.79 Å². The lowest BCUT2D eigenvalue weighted by Gasteiger charge is -2.26. The van der Waals surface area contributed by atoms with Gasteiger partial charge in [-0.1, -0.05) is 6.92 Å². The average molecular weight is 227 g/mol. The highest BCUT2D eigenvalue weighted by Gasteiger charge is 2.16. The number of carbonyl (C=O) groups is 2. The van der Waals surface area contributed by atoms with Crippen molar-refractivity contribution in [1.82, 2.24) is 15.5 Å². The van der Waals surface area contributed by atoms with Crippen molar-refractivity contribution in [2.75, 3.05) is 26.2 Å². The average Bonchev–Trinajstić information content (AvgIpc) is 2.34. The molecule has 1 saturated heterocycles. The molecule has 0 atom stereocenters. The van der Waals surface area contributed by atoms with Crippen LogP contribution in [0, 0.1) is 0 Å². The SMILES string of the molecule is CCCNC(=O)NCC(=O)N1CCCCC1. The van der Waals surface area contributed by atoms with Crippen LogP contribution in [0.15, 0.2) is 0 Å². The Labute approximate surface area is 96.6 Å². The summed E-state index contributed by atoms with van der Waals surface area (Å²) >= 11 is 0. The van der Waals surface area contributed by atoms with E-state index in [1.807, 2.05) is 11.8 Å². The highest BCUT2D eigenvalue weighted by atomic mass is 16.2. The molecule has 1 aliphatic heterocycles. The van der Waals surface area contributed by atoms with Gasteiger partial charge < -0.3 is 15.5 Å². The van der Waals surface area contributed by atoms with Crippen LogP contribution in [0.2, 0.25) is 0 Å². The van der Waals surface area contributed by atoms with Crippen LogP contribution in [0.4, 0.5) is 4.79 Å². The molecule has 5 heteroatoms. The second-order valence-electron chi connectivity index (χ2n) is 4.05. The Morgan fingerprint density at radius 3 is 2.44 bits per heavy atom. The Kier molecular flexibility index (Phi) is 5.67. The predicted molar refractivity (Wildman–Crippen MR) is 62.1 cm³/mol. The molecular formula is C11H21N3O2. The molecule has 0 saturated carbocycles. The molecular weight excluding hydrogens is 206 g/mol. The maximum atomic E-state index is 11.7. The molecule has 0 radical (unpaired) electrons. The normalized spacial score (nSPS) is 15.7. The Hall–Kier alpha value is -1.26. The fraction of sp³-hybridized carbons (Fsp3) is 0.818. The maximum absolute atomic E-state index is 11.7. The van der Waals surface area contributed by atoms with Gasteiger partial charge in [0.15, 0.2) is 0 Å². The fourth-order valence-electron chi connectivity index (χ4n) is 1.71. The first-order valence-electron chi connectivity index (χ1n) is 6.03. The molecule has 16 heavy (non-hydrogen) atoms. The lowest BCUT2D eigenvalue weighted by Crippen LogP contribution is -2.45. The molecule has 1 rings (SSSR count). The van der Waals surface area contributed by atoms with E-state index in [1.54, 1.807) is 0 Å². The zero-order valence-electron chi connectivity index (χ0n) is 9.92. The molecule has 0 bridgehead atoms. The number of piperidine rings is 1. The van der Waals surface area contributed by atoms with Gasteiger partial charge >= 0.3 is 6.03 Å². The van der Waals surface area contributed by atoms with Gasteiger partial charge in [0.2, 0.25) is 5.91 Å². The van der Waals surface area contributed by atoms with Gasteiger partial charge in [-0.05, 0) is 25.7 Å². The van der Waals surface area contributed by atoms with Gasteiger partial charge in [0.25, 0.3) is 0 Å². The minimum absolute atomic E-state index is 0.0198. The third-order valence-corrected chi connectivity index (χ3v) is 2.64. The van der Waals surface area contributed by atoms with E-state index >= 15 is 0 Å². The second kappa shape index (κ2) is 7.09. The summed E-state index contributed by atoms with van der Waals surface area (Å²) in [5.41, 5.74) is 0. The van der Waals surface area contributed by atoms with E-state index in [9.17, 15) is 9.59 Å². The van der Waals surface area contributed by atoms with E-state index in [0.717, 1.165) is 32.4 Å². The van der Waals surface area contributed by atoms with Crippen LogP contribution >= 0.6 is 0 Å². The molecule has 0 unspecified atom stereocenters. The quantitative estimate of drug-likeness (QED) is 0.743. The van der Waals surface area contributed by atoms with E-state index in [0.29, 0.717) is 6.54 Å². The van der Waals surface area contributed by atoms with Crippen molar-refractivity contribution < 1.29 is 9.59 Å². The van der Waals surface area contributed by atoms with Crippen molar-refractivity contribution in [2.45, 2.75) is 32.6 Å². The first kappa shape index (κ1) is 12.8. The number of likely N-dealkylation sites (tertiary alicyclic amines) is 1. The van der Waals surface area contributed by atoms with Crippen molar-refractivity contribution in [3.05, 3.63) is 0 Å². The highest BCUT2D eigenvalue weighted by molar-refractivity contribution is 5.83. The van der Waals surface area contributed by atoms with Crippen LogP contribution < -0.4 is 10.6 Å². The highest BCUT2D eigenvalue weighted by Crippen LogP contribution is 2.07. The number of hydrogen-bond donors (Lipinski definition) is 2. The van der Waals surface area contributed by atoms with E-state index in [4.69, 9.17) is 0 Å². The standard InChI is InChI=1S/C11H21N3O2/c1-2-6-12-11(16)13-9-10(15)14-7-4-3-5-8-14/h2-9H2,1H3,(H2,12,13,16).